The Kier molecular flexibility index (Phi) is 3.63. The second-order valence-corrected chi connectivity index (χ2v) is 6.67. The van der Waals surface area contributed by atoms with Crippen LogP contribution in [-0.4, -0.2) is 0 Å². The molecule has 2 aromatic carbocycles. The molecule has 0 aromatic heterocycles. The molecule has 3 rings (SSSR count). The van der Waals surface area contributed by atoms with Gasteiger partial charge in [0.1, 0.15) is 6.07 Å². The van der Waals surface area contributed by atoms with Crippen LogP contribution in [0.3, 0.4) is 0 Å². The van der Waals surface area contributed by atoms with E-state index in [0.717, 1.165) is 14.9 Å². The number of rotatable bonds is 2. The van der Waals surface area contributed by atoms with Crippen LogP contribution in [0, 0.1) is 11.3 Å². The highest BCUT2D eigenvalue weighted by molar-refractivity contribution is 9.10. The highest BCUT2D eigenvalue weighted by Gasteiger charge is 2.12. The summed E-state index contributed by atoms with van der Waals surface area (Å²) in [4.78, 5) is 2.24. The molecule has 19 heavy (non-hydrogen) atoms. The van der Waals surface area contributed by atoms with Crippen molar-refractivity contribution in [2.24, 2.45) is 0 Å². The van der Waals surface area contributed by atoms with E-state index in [4.69, 9.17) is 0 Å². The highest BCUT2D eigenvalue weighted by atomic mass is 79.9. The Labute approximate surface area is 125 Å². The third-order valence-electron chi connectivity index (χ3n) is 3.36. The van der Waals surface area contributed by atoms with Crippen LogP contribution in [0.4, 0.5) is 0 Å². The molecule has 2 aromatic rings. The van der Waals surface area contributed by atoms with Gasteiger partial charge >= 0.3 is 0 Å². The Morgan fingerprint density at radius 1 is 1.05 bits per heavy atom. The molecule has 0 aliphatic heterocycles. The first-order chi connectivity index (χ1) is 9.26. The number of aryl methyl sites for hydroxylation is 2. The van der Waals surface area contributed by atoms with Crippen molar-refractivity contribution in [1.29, 1.82) is 5.26 Å². The minimum absolute atomic E-state index is 0.722. The Bertz CT molecular complexity index is 673. The molecule has 1 nitrogen and oxygen atoms in total. The molecule has 0 fully saturated rings. The maximum Gasteiger partial charge on any atom is 0.100 e. The van der Waals surface area contributed by atoms with Crippen molar-refractivity contribution >= 4 is 27.7 Å². The van der Waals surface area contributed by atoms with E-state index in [1.807, 2.05) is 18.2 Å². The van der Waals surface area contributed by atoms with Gasteiger partial charge in [-0.15, -0.1) is 0 Å². The van der Waals surface area contributed by atoms with Crippen LogP contribution >= 0.6 is 27.7 Å². The van der Waals surface area contributed by atoms with E-state index in [1.54, 1.807) is 11.8 Å². The molecular formula is C16H12BrNS. The third kappa shape index (κ3) is 2.70. The molecule has 0 atom stereocenters. The molecule has 0 spiro atoms. The quantitative estimate of drug-likeness (QED) is 0.777. The summed E-state index contributed by atoms with van der Waals surface area (Å²) < 4.78 is 0.947. The van der Waals surface area contributed by atoms with Crippen molar-refractivity contribution in [3.05, 3.63) is 57.6 Å². The standard InChI is InChI=1S/C16H12BrNS/c17-14-5-7-16(13(8-14)10-18)19-15-6-4-11-2-1-3-12(11)9-15/h4-9H,1-3H2. The zero-order valence-corrected chi connectivity index (χ0v) is 12.7. The van der Waals surface area contributed by atoms with Crippen molar-refractivity contribution in [2.45, 2.75) is 29.1 Å². The normalized spacial score (nSPS) is 13.1. The minimum atomic E-state index is 0.722. The summed E-state index contributed by atoms with van der Waals surface area (Å²) >= 11 is 5.07. The lowest BCUT2D eigenvalue weighted by molar-refractivity contribution is 0.911. The lowest BCUT2D eigenvalue weighted by atomic mass is 10.1. The van der Waals surface area contributed by atoms with Gasteiger partial charge in [0.15, 0.2) is 0 Å². The Hall–Kier alpha value is -1.24. The van der Waals surface area contributed by atoms with E-state index in [-0.39, 0.29) is 0 Å². The van der Waals surface area contributed by atoms with Crippen molar-refractivity contribution in [1.82, 2.24) is 0 Å². The van der Waals surface area contributed by atoms with E-state index in [1.165, 1.54) is 35.3 Å². The number of benzene rings is 2. The predicted molar refractivity (Wildman–Crippen MR) is 81.4 cm³/mol. The fourth-order valence-electron chi connectivity index (χ4n) is 2.42. The molecule has 0 radical (unpaired) electrons. The monoisotopic (exact) mass is 329 g/mol. The Morgan fingerprint density at radius 2 is 1.89 bits per heavy atom. The van der Waals surface area contributed by atoms with Crippen molar-refractivity contribution in [3.63, 3.8) is 0 Å². The molecule has 3 heteroatoms. The maximum atomic E-state index is 9.19. The first kappa shape index (κ1) is 12.8. The Morgan fingerprint density at radius 3 is 2.74 bits per heavy atom. The second kappa shape index (κ2) is 5.40. The maximum absolute atomic E-state index is 9.19. The van der Waals surface area contributed by atoms with Crippen LogP contribution in [0.25, 0.3) is 0 Å². The fraction of sp³-hybridized carbons (Fsp3) is 0.188. The molecule has 0 N–H and O–H groups in total. The van der Waals surface area contributed by atoms with Crippen molar-refractivity contribution in [3.8, 4) is 6.07 Å². The van der Waals surface area contributed by atoms with Gasteiger partial charge in [-0.3, -0.25) is 0 Å². The number of hydrogen-bond donors (Lipinski definition) is 0. The van der Waals surface area contributed by atoms with Crippen LogP contribution in [0.2, 0.25) is 0 Å². The van der Waals surface area contributed by atoms with E-state index in [0.29, 0.717) is 0 Å². The minimum Gasteiger partial charge on any atom is -0.192 e. The van der Waals surface area contributed by atoms with Gasteiger partial charge in [-0.25, -0.2) is 0 Å². The van der Waals surface area contributed by atoms with Crippen LogP contribution < -0.4 is 0 Å². The van der Waals surface area contributed by atoms with Gasteiger partial charge in [0.2, 0.25) is 0 Å². The number of nitriles is 1. The summed E-state index contributed by atoms with van der Waals surface area (Å²) in [6.45, 7) is 0. The van der Waals surface area contributed by atoms with Crippen LogP contribution in [-0.2, 0) is 12.8 Å². The highest BCUT2D eigenvalue weighted by Crippen LogP contribution is 2.34. The summed E-state index contributed by atoms with van der Waals surface area (Å²) in [5, 5.41) is 9.19. The topological polar surface area (TPSA) is 23.8 Å². The largest absolute Gasteiger partial charge is 0.192 e. The zero-order valence-electron chi connectivity index (χ0n) is 10.3. The summed E-state index contributed by atoms with van der Waals surface area (Å²) in [5.41, 5.74) is 3.68. The van der Waals surface area contributed by atoms with Gasteiger partial charge in [-0.1, -0.05) is 33.8 Å². The van der Waals surface area contributed by atoms with Gasteiger partial charge in [0.25, 0.3) is 0 Å². The summed E-state index contributed by atoms with van der Waals surface area (Å²) in [5.74, 6) is 0. The molecule has 1 aliphatic carbocycles. The van der Waals surface area contributed by atoms with E-state index in [2.05, 4.69) is 40.2 Å². The van der Waals surface area contributed by atoms with E-state index < -0.39 is 0 Å². The van der Waals surface area contributed by atoms with Gasteiger partial charge in [-0.05, 0) is 60.7 Å². The average molecular weight is 330 g/mol. The molecule has 0 saturated heterocycles. The van der Waals surface area contributed by atoms with Gasteiger partial charge in [0.05, 0.1) is 5.56 Å². The lowest BCUT2D eigenvalue weighted by Gasteiger charge is -2.06. The third-order valence-corrected chi connectivity index (χ3v) is 4.92. The smallest absolute Gasteiger partial charge is 0.100 e. The van der Waals surface area contributed by atoms with Crippen LogP contribution in [0.15, 0.2) is 50.7 Å². The summed E-state index contributed by atoms with van der Waals surface area (Å²) in [6.07, 6.45) is 3.67. The molecular weight excluding hydrogens is 318 g/mol. The van der Waals surface area contributed by atoms with E-state index in [9.17, 15) is 5.26 Å². The first-order valence-electron chi connectivity index (χ1n) is 6.25. The van der Waals surface area contributed by atoms with Crippen LogP contribution in [0.5, 0.6) is 0 Å². The molecule has 1 aliphatic rings. The van der Waals surface area contributed by atoms with Crippen molar-refractivity contribution < 1.29 is 0 Å². The predicted octanol–water partition coefficient (Wildman–Crippen LogP) is 4.96. The van der Waals surface area contributed by atoms with Gasteiger partial charge < -0.3 is 0 Å². The number of fused-ring (bicyclic) bond motifs is 1. The second-order valence-electron chi connectivity index (χ2n) is 4.64. The SMILES string of the molecule is N#Cc1cc(Br)ccc1Sc1ccc2c(c1)CCC2. The summed E-state index contributed by atoms with van der Waals surface area (Å²) in [6, 6.07) is 14.8. The molecule has 0 saturated carbocycles. The number of hydrogen-bond acceptors (Lipinski definition) is 2. The average Bonchev–Trinajstić information content (AvgIpc) is 2.88. The number of nitrogens with zero attached hydrogens (tertiary/aromatic N) is 1. The first-order valence-corrected chi connectivity index (χ1v) is 7.86. The summed E-state index contributed by atoms with van der Waals surface area (Å²) in [7, 11) is 0. The zero-order chi connectivity index (χ0) is 13.2. The molecule has 94 valence electrons. The van der Waals surface area contributed by atoms with Crippen LogP contribution in [0.1, 0.15) is 23.1 Å². The molecule has 0 unspecified atom stereocenters. The van der Waals surface area contributed by atoms with E-state index >= 15 is 0 Å². The number of halogens is 1. The molecule has 0 bridgehead atoms. The Balaban J connectivity index is 1.92. The lowest BCUT2D eigenvalue weighted by Crippen LogP contribution is -1.85. The fourth-order valence-corrected chi connectivity index (χ4v) is 3.72. The molecule has 0 amide bonds. The molecule has 0 heterocycles. The van der Waals surface area contributed by atoms with Gasteiger partial charge in [0, 0.05) is 14.3 Å². The van der Waals surface area contributed by atoms with Gasteiger partial charge in [-0.2, -0.15) is 5.26 Å². The van der Waals surface area contributed by atoms with Crippen molar-refractivity contribution in [2.75, 3.05) is 0 Å².